The SMILES string of the molecule is CC(C)NS(=O)(=O)c1ccc(C(=O)NCC(=O)[O-])cc1. The molecule has 0 aromatic heterocycles. The predicted molar refractivity (Wildman–Crippen MR) is 69.2 cm³/mol. The molecule has 1 amide bonds. The summed E-state index contributed by atoms with van der Waals surface area (Å²) in [6.07, 6.45) is 0. The van der Waals surface area contributed by atoms with Crippen molar-refractivity contribution in [3.63, 3.8) is 0 Å². The van der Waals surface area contributed by atoms with Crippen LogP contribution in [-0.4, -0.2) is 32.9 Å². The van der Waals surface area contributed by atoms with Crippen molar-refractivity contribution in [3.8, 4) is 0 Å². The summed E-state index contributed by atoms with van der Waals surface area (Å²) >= 11 is 0. The van der Waals surface area contributed by atoms with E-state index in [-0.39, 0.29) is 16.5 Å². The van der Waals surface area contributed by atoms with Gasteiger partial charge in [0.1, 0.15) is 0 Å². The maximum Gasteiger partial charge on any atom is 0.251 e. The molecule has 0 unspecified atom stereocenters. The molecule has 8 heteroatoms. The molecule has 0 saturated carbocycles. The molecular formula is C12H15N2O5S-. The van der Waals surface area contributed by atoms with Crippen LogP contribution in [0.2, 0.25) is 0 Å². The Hall–Kier alpha value is -1.93. The molecule has 2 N–H and O–H groups in total. The molecule has 0 atom stereocenters. The number of nitrogens with one attached hydrogen (secondary N) is 2. The number of hydrogen-bond donors (Lipinski definition) is 2. The molecule has 0 aliphatic carbocycles. The first-order valence-corrected chi connectivity index (χ1v) is 7.31. The zero-order valence-corrected chi connectivity index (χ0v) is 11.9. The second-order valence-corrected chi connectivity index (χ2v) is 6.07. The molecule has 7 nitrogen and oxygen atoms in total. The largest absolute Gasteiger partial charge is 0.548 e. The molecular weight excluding hydrogens is 284 g/mol. The van der Waals surface area contributed by atoms with Gasteiger partial charge in [-0.15, -0.1) is 0 Å². The molecule has 0 aliphatic heterocycles. The quantitative estimate of drug-likeness (QED) is 0.688. The van der Waals surface area contributed by atoms with Crippen LogP contribution in [0.3, 0.4) is 0 Å². The zero-order chi connectivity index (χ0) is 15.3. The number of aliphatic carboxylic acids is 1. The van der Waals surface area contributed by atoms with Crippen LogP contribution in [0.15, 0.2) is 29.2 Å². The summed E-state index contributed by atoms with van der Waals surface area (Å²) in [6, 6.07) is 4.92. The Morgan fingerprint density at radius 3 is 2.20 bits per heavy atom. The third kappa shape index (κ3) is 4.63. The van der Waals surface area contributed by atoms with Gasteiger partial charge in [0.25, 0.3) is 5.91 Å². The molecule has 0 radical (unpaired) electrons. The fourth-order valence-corrected chi connectivity index (χ4v) is 2.67. The van der Waals surface area contributed by atoms with Crippen molar-refractivity contribution in [2.45, 2.75) is 24.8 Å². The smallest absolute Gasteiger partial charge is 0.251 e. The van der Waals surface area contributed by atoms with Gasteiger partial charge in [0.2, 0.25) is 10.0 Å². The number of rotatable bonds is 6. The number of carboxylic acid groups (broad SMARTS) is 1. The number of carbonyl (C=O) groups is 2. The van der Waals surface area contributed by atoms with E-state index in [4.69, 9.17) is 0 Å². The Balaban J connectivity index is 2.84. The maximum atomic E-state index is 11.8. The molecule has 0 heterocycles. The van der Waals surface area contributed by atoms with Crippen LogP contribution in [0.25, 0.3) is 0 Å². The van der Waals surface area contributed by atoms with E-state index < -0.39 is 28.4 Å². The fraction of sp³-hybridized carbons (Fsp3) is 0.333. The summed E-state index contributed by atoms with van der Waals surface area (Å²) in [5, 5.41) is 12.3. The summed E-state index contributed by atoms with van der Waals surface area (Å²) in [5.41, 5.74) is 0.162. The van der Waals surface area contributed by atoms with Gasteiger partial charge in [0.05, 0.1) is 17.4 Å². The van der Waals surface area contributed by atoms with Crippen LogP contribution in [0.1, 0.15) is 24.2 Å². The van der Waals surface area contributed by atoms with Gasteiger partial charge < -0.3 is 15.2 Å². The van der Waals surface area contributed by atoms with Gasteiger partial charge in [0.15, 0.2) is 0 Å². The average Bonchev–Trinajstić information content (AvgIpc) is 2.34. The first kappa shape index (κ1) is 16.1. The van der Waals surface area contributed by atoms with E-state index in [0.717, 1.165) is 0 Å². The highest BCUT2D eigenvalue weighted by molar-refractivity contribution is 7.89. The summed E-state index contributed by atoms with van der Waals surface area (Å²) in [5.74, 6) is -2.02. The lowest BCUT2D eigenvalue weighted by molar-refractivity contribution is -0.303. The Morgan fingerprint density at radius 1 is 1.20 bits per heavy atom. The molecule has 20 heavy (non-hydrogen) atoms. The van der Waals surface area contributed by atoms with Crippen molar-refractivity contribution < 1.29 is 23.1 Å². The third-order valence-corrected chi connectivity index (χ3v) is 3.89. The lowest BCUT2D eigenvalue weighted by Gasteiger charge is -2.10. The van der Waals surface area contributed by atoms with Crippen molar-refractivity contribution in [1.29, 1.82) is 0 Å². The maximum absolute atomic E-state index is 11.8. The van der Waals surface area contributed by atoms with E-state index in [0.29, 0.717) is 0 Å². The number of benzene rings is 1. The Labute approximate surface area is 117 Å². The summed E-state index contributed by atoms with van der Waals surface area (Å²) in [7, 11) is -3.61. The summed E-state index contributed by atoms with van der Waals surface area (Å²) in [6.45, 7) is 2.78. The fourth-order valence-electron chi connectivity index (χ4n) is 1.42. The van der Waals surface area contributed by atoms with Gasteiger partial charge in [-0.1, -0.05) is 0 Å². The molecule has 0 aliphatic rings. The lowest BCUT2D eigenvalue weighted by atomic mass is 10.2. The topological polar surface area (TPSA) is 115 Å². The van der Waals surface area contributed by atoms with Gasteiger partial charge in [-0.25, -0.2) is 13.1 Å². The second kappa shape index (κ2) is 6.49. The van der Waals surface area contributed by atoms with Crippen LogP contribution in [0, 0.1) is 0 Å². The average molecular weight is 299 g/mol. The minimum Gasteiger partial charge on any atom is -0.548 e. The zero-order valence-electron chi connectivity index (χ0n) is 11.0. The highest BCUT2D eigenvalue weighted by Crippen LogP contribution is 2.11. The minimum absolute atomic E-state index is 0.0302. The molecule has 0 spiro atoms. The number of sulfonamides is 1. The molecule has 0 saturated heterocycles. The van der Waals surface area contributed by atoms with Crippen LogP contribution in [-0.2, 0) is 14.8 Å². The number of amides is 1. The van der Waals surface area contributed by atoms with E-state index in [2.05, 4.69) is 10.0 Å². The number of carbonyl (C=O) groups excluding carboxylic acids is 2. The summed E-state index contributed by atoms with van der Waals surface area (Å²) in [4.78, 5) is 21.8. The van der Waals surface area contributed by atoms with Gasteiger partial charge in [-0.2, -0.15) is 0 Å². The molecule has 110 valence electrons. The van der Waals surface area contributed by atoms with Crippen LogP contribution >= 0.6 is 0 Å². The molecule has 1 aromatic rings. The predicted octanol–water partition coefficient (Wildman–Crippen LogP) is -1.15. The Bertz CT molecular complexity index is 593. The summed E-state index contributed by atoms with van der Waals surface area (Å²) < 4.78 is 26.1. The van der Waals surface area contributed by atoms with Crippen molar-refractivity contribution in [3.05, 3.63) is 29.8 Å². The van der Waals surface area contributed by atoms with E-state index in [1.165, 1.54) is 24.3 Å². The Morgan fingerprint density at radius 2 is 1.75 bits per heavy atom. The van der Waals surface area contributed by atoms with Crippen molar-refractivity contribution in [2.24, 2.45) is 0 Å². The third-order valence-electron chi connectivity index (χ3n) is 2.21. The number of hydrogen-bond acceptors (Lipinski definition) is 5. The van der Waals surface area contributed by atoms with E-state index in [9.17, 15) is 23.1 Å². The first-order valence-electron chi connectivity index (χ1n) is 5.83. The monoisotopic (exact) mass is 299 g/mol. The van der Waals surface area contributed by atoms with Gasteiger partial charge >= 0.3 is 0 Å². The lowest BCUT2D eigenvalue weighted by Crippen LogP contribution is -2.37. The van der Waals surface area contributed by atoms with Crippen molar-refractivity contribution >= 4 is 21.9 Å². The van der Waals surface area contributed by atoms with Gasteiger partial charge in [-0.05, 0) is 38.1 Å². The van der Waals surface area contributed by atoms with Crippen molar-refractivity contribution in [1.82, 2.24) is 10.0 Å². The van der Waals surface area contributed by atoms with E-state index in [1.807, 2.05) is 0 Å². The highest BCUT2D eigenvalue weighted by atomic mass is 32.2. The first-order chi connectivity index (χ1) is 9.22. The highest BCUT2D eigenvalue weighted by Gasteiger charge is 2.15. The van der Waals surface area contributed by atoms with E-state index in [1.54, 1.807) is 13.8 Å². The van der Waals surface area contributed by atoms with Gasteiger partial charge in [-0.3, -0.25) is 4.79 Å². The minimum atomic E-state index is -3.61. The molecule has 0 fully saturated rings. The normalized spacial score (nSPS) is 11.3. The van der Waals surface area contributed by atoms with Crippen LogP contribution in [0.4, 0.5) is 0 Å². The molecule has 1 rings (SSSR count). The van der Waals surface area contributed by atoms with Crippen LogP contribution < -0.4 is 15.1 Å². The van der Waals surface area contributed by atoms with Crippen LogP contribution in [0.5, 0.6) is 0 Å². The Kier molecular flexibility index (Phi) is 5.23. The second-order valence-electron chi connectivity index (χ2n) is 4.36. The molecule has 1 aromatic carbocycles. The van der Waals surface area contributed by atoms with E-state index >= 15 is 0 Å². The molecule has 0 bridgehead atoms. The standard InChI is InChI=1S/C12H16N2O5S/c1-8(2)14-20(18,19)10-5-3-9(4-6-10)12(17)13-7-11(15)16/h3-6,8,14H,7H2,1-2H3,(H,13,17)(H,15,16)/p-1. The van der Waals surface area contributed by atoms with Crippen molar-refractivity contribution in [2.75, 3.05) is 6.54 Å². The number of carboxylic acids is 1. The van der Waals surface area contributed by atoms with Gasteiger partial charge in [0, 0.05) is 11.6 Å².